The molecule has 0 amide bonds. The second-order valence-electron chi connectivity index (χ2n) is 4.46. The minimum absolute atomic E-state index is 0.264. The maximum atomic E-state index is 5.79. The van der Waals surface area contributed by atoms with Gasteiger partial charge in [0.25, 0.3) is 0 Å². The zero-order chi connectivity index (χ0) is 13.8. The van der Waals surface area contributed by atoms with Gasteiger partial charge in [0.2, 0.25) is 0 Å². The minimum atomic E-state index is 0.264. The van der Waals surface area contributed by atoms with Crippen LogP contribution >= 0.6 is 15.9 Å². The number of nitrogens with two attached hydrogens (primary N) is 1. The van der Waals surface area contributed by atoms with Crippen LogP contribution in [-0.2, 0) is 13.2 Å². The third-order valence-electron chi connectivity index (χ3n) is 2.74. The van der Waals surface area contributed by atoms with Crippen molar-refractivity contribution in [2.45, 2.75) is 33.0 Å². The van der Waals surface area contributed by atoms with Crippen molar-refractivity contribution in [1.29, 1.82) is 0 Å². The lowest BCUT2D eigenvalue weighted by Crippen LogP contribution is -2.11. The molecule has 6 heteroatoms. The van der Waals surface area contributed by atoms with E-state index in [2.05, 4.69) is 39.9 Å². The Morgan fingerprint density at radius 2 is 2.21 bits per heavy atom. The zero-order valence-corrected chi connectivity index (χ0v) is 12.6. The number of benzene rings is 1. The lowest BCUT2D eigenvalue weighted by atomic mass is 10.2. The summed E-state index contributed by atoms with van der Waals surface area (Å²) in [6.07, 6.45) is 1.55. The highest BCUT2D eigenvalue weighted by Gasteiger charge is 2.09. The molecule has 1 aromatic carbocycles. The molecular formula is C13H17BrN4O. The van der Waals surface area contributed by atoms with Gasteiger partial charge in [-0.25, -0.2) is 9.67 Å². The van der Waals surface area contributed by atoms with Gasteiger partial charge < -0.3 is 10.5 Å². The minimum Gasteiger partial charge on any atom is -0.485 e. The molecule has 1 aromatic heterocycles. The Morgan fingerprint density at radius 1 is 1.42 bits per heavy atom. The number of ether oxygens (including phenoxy) is 1. The second-order valence-corrected chi connectivity index (χ2v) is 5.38. The van der Waals surface area contributed by atoms with Crippen molar-refractivity contribution in [2.24, 2.45) is 5.73 Å². The number of nitrogens with zero attached hydrogens (tertiary/aromatic N) is 3. The Morgan fingerprint density at radius 3 is 2.89 bits per heavy atom. The summed E-state index contributed by atoms with van der Waals surface area (Å²) in [4.78, 5) is 4.21. The number of hydrogen-bond acceptors (Lipinski definition) is 4. The normalized spacial score (nSPS) is 11.0. The number of rotatable bonds is 5. The SMILES string of the molecule is CC(C)n1ncnc1COc1ccc(Br)cc1CN. The van der Waals surface area contributed by atoms with Crippen molar-refractivity contribution in [1.82, 2.24) is 14.8 Å². The van der Waals surface area contributed by atoms with Crippen LogP contribution in [0.5, 0.6) is 5.75 Å². The molecule has 19 heavy (non-hydrogen) atoms. The summed E-state index contributed by atoms with van der Waals surface area (Å²) in [5, 5.41) is 4.18. The van der Waals surface area contributed by atoms with Crippen LogP contribution in [0, 0.1) is 0 Å². The number of halogens is 1. The van der Waals surface area contributed by atoms with E-state index in [4.69, 9.17) is 10.5 Å². The summed E-state index contributed by atoms with van der Waals surface area (Å²) < 4.78 is 8.63. The second kappa shape index (κ2) is 6.16. The summed E-state index contributed by atoms with van der Waals surface area (Å²) in [5.74, 6) is 1.59. The van der Waals surface area contributed by atoms with Gasteiger partial charge in [-0.05, 0) is 32.0 Å². The highest BCUT2D eigenvalue weighted by molar-refractivity contribution is 9.10. The van der Waals surface area contributed by atoms with Crippen molar-refractivity contribution < 1.29 is 4.74 Å². The molecule has 0 fully saturated rings. The topological polar surface area (TPSA) is 66.0 Å². The Kier molecular flexibility index (Phi) is 4.55. The molecule has 0 saturated heterocycles. The van der Waals surface area contributed by atoms with Crippen molar-refractivity contribution >= 4 is 15.9 Å². The van der Waals surface area contributed by atoms with E-state index < -0.39 is 0 Å². The van der Waals surface area contributed by atoms with Gasteiger partial charge in [-0.15, -0.1) is 0 Å². The van der Waals surface area contributed by atoms with E-state index in [1.165, 1.54) is 0 Å². The fourth-order valence-electron chi connectivity index (χ4n) is 1.80. The van der Waals surface area contributed by atoms with Gasteiger partial charge in [0.15, 0.2) is 5.82 Å². The maximum Gasteiger partial charge on any atom is 0.165 e. The van der Waals surface area contributed by atoms with Crippen LogP contribution in [0.25, 0.3) is 0 Å². The standard InChI is InChI=1S/C13H17BrN4O/c1-9(2)18-13(16-8-17-18)7-19-12-4-3-11(14)5-10(12)6-15/h3-5,8-9H,6-7,15H2,1-2H3. The van der Waals surface area contributed by atoms with E-state index in [0.717, 1.165) is 21.6 Å². The number of aromatic nitrogens is 3. The largest absolute Gasteiger partial charge is 0.485 e. The van der Waals surface area contributed by atoms with Gasteiger partial charge in [0.1, 0.15) is 18.7 Å². The molecule has 5 nitrogen and oxygen atoms in total. The average molecular weight is 325 g/mol. The van der Waals surface area contributed by atoms with Gasteiger partial charge in [0, 0.05) is 22.6 Å². The van der Waals surface area contributed by atoms with E-state index in [-0.39, 0.29) is 6.04 Å². The van der Waals surface area contributed by atoms with E-state index in [1.807, 2.05) is 22.9 Å². The van der Waals surface area contributed by atoms with Gasteiger partial charge in [0.05, 0.1) is 0 Å². The van der Waals surface area contributed by atoms with Crippen molar-refractivity contribution in [2.75, 3.05) is 0 Å². The molecule has 0 aliphatic rings. The van der Waals surface area contributed by atoms with Crippen molar-refractivity contribution in [3.63, 3.8) is 0 Å². The fourth-order valence-corrected chi connectivity index (χ4v) is 2.21. The lowest BCUT2D eigenvalue weighted by Gasteiger charge is -2.12. The van der Waals surface area contributed by atoms with Crippen LogP contribution in [0.4, 0.5) is 0 Å². The van der Waals surface area contributed by atoms with Gasteiger partial charge in [-0.2, -0.15) is 5.10 Å². The summed E-state index contributed by atoms with van der Waals surface area (Å²) in [6.45, 7) is 4.94. The van der Waals surface area contributed by atoms with Gasteiger partial charge >= 0.3 is 0 Å². The molecular weight excluding hydrogens is 308 g/mol. The molecule has 0 aliphatic heterocycles. The average Bonchev–Trinajstić information content (AvgIpc) is 2.85. The van der Waals surface area contributed by atoms with Gasteiger partial charge in [-0.3, -0.25) is 0 Å². The van der Waals surface area contributed by atoms with Crippen LogP contribution in [0.1, 0.15) is 31.3 Å². The Bertz CT molecular complexity index is 553. The quantitative estimate of drug-likeness (QED) is 0.918. The molecule has 0 atom stereocenters. The van der Waals surface area contributed by atoms with E-state index in [9.17, 15) is 0 Å². The molecule has 0 saturated carbocycles. The first-order chi connectivity index (χ1) is 9.11. The van der Waals surface area contributed by atoms with Crippen LogP contribution in [-0.4, -0.2) is 14.8 Å². The molecule has 0 bridgehead atoms. The van der Waals surface area contributed by atoms with E-state index in [0.29, 0.717) is 13.2 Å². The Balaban J connectivity index is 2.12. The first kappa shape index (κ1) is 14.0. The van der Waals surface area contributed by atoms with E-state index in [1.54, 1.807) is 6.33 Å². The first-order valence-corrected chi connectivity index (χ1v) is 6.90. The summed E-state index contributed by atoms with van der Waals surface area (Å²) in [5.41, 5.74) is 6.68. The number of hydrogen-bond donors (Lipinski definition) is 1. The lowest BCUT2D eigenvalue weighted by molar-refractivity contribution is 0.279. The summed E-state index contributed by atoms with van der Waals surface area (Å²) >= 11 is 3.42. The van der Waals surface area contributed by atoms with Crippen LogP contribution < -0.4 is 10.5 Å². The highest BCUT2D eigenvalue weighted by Crippen LogP contribution is 2.23. The smallest absolute Gasteiger partial charge is 0.165 e. The van der Waals surface area contributed by atoms with Crippen LogP contribution in [0.15, 0.2) is 29.0 Å². The summed E-state index contributed by atoms with van der Waals surface area (Å²) in [7, 11) is 0. The fraction of sp³-hybridized carbons (Fsp3) is 0.385. The predicted molar refractivity (Wildman–Crippen MR) is 76.8 cm³/mol. The van der Waals surface area contributed by atoms with Crippen molar-refractivity contribution in [3.8, 4) is 5.75 Å². The van der Waals surface area contributed by atoms with Gasteiger partial charge in [-0.1, -0.05) is 15.9 Å². The molecule has 2 aromatic rings. The Hall–Kier alpha value is -1.40. The monoisotopic (exact) mass is 324 g/mol. The third kappa shape index (κ3) is 3.33. The third-order valence-corrected chi connectivity index (χ3v) is 3.23. The zero-order valence-electron chi connectivity index (χ0n) is 11.0. The molecule has 0 unspecified atom stereocenters. The first-order valence-electron chi connectivity index (χ1n) is 6.11. The summed E-state index contributed by atoms with van der Waals surface area (Å²) in [6, 6.07) is 6.06. The molecule has 1 heterocycles. The van der Waals surface area contributed by atoms with E-state index >= 15 is 0 Å². The molecule has 2 rings (SSSR count). The molecule has 2 N–H and O–H groups in total. The molecule has 102 valence electrons. The van der Waals surface area contributed by atoms with Crippen LogP contribution in [0.3, 0.4) is 0 Å². The highest BCUT2D eigenvalue weighted by atomic mass is 79.9. The van der Waals surface area contributed by atoms with Crippen molar-refractivity contribution in [3.05, 3.63) is 40.4 Å². The molecule has 0 radical (unpaired) electrons. The van der Waals surface area contributed by atoms with Crippen LogP contribution in [0.2, 0.25) is 0 Å². The molecule has 0 spiro atoms. The maximum absolute atomic E-state index is 5.79. The molecule has 0 aliphatic carbocycles. The predicted octanol–water partition coefficient (Wildman–Crippen LogP) is 2.66. The Labute approximate surface area is 120 Å².